The summed E-state index contributed by atoms with van der Waals surface area (Å²) in [5, 5.41) is 3.44. The minimum Gasteiger partial charge on any atom is -0.311 e. The highest BCUT2D eigenvalue weighted by Gasteiger charge is 2.37. The largest absolute Gasteiger partial charge is 0.311 e. The van der Waals surface area contributed by atoms with Crippen molar-refractivity contribution in [1.29, 1.82) is 0 Å². The van der Waals surface area contributed by atoms with Gasteiger partial charge in [-0.2, -0.15) is 0 Å². The van der Waals surface area contributed by atoms with Crippen LogP contribution in [0.15, 0.2) is 41.2 Å². The molecule has 0 radical (unpaired) electrons. The lowest BCUT2D eigenvalue weighted by Gasteiger charge is -2.36. The summed E-state index contributed by atoms with van der Waals surface area (Å²) in [6.07, 6.45) is 9.33. The third kappa shape index (κ3) is 3.25. The van der Waals surface area contributed by atoms with Crippen LogP contribution in [0, 0.1) is 5.41 Å². The average Bonchev–Trinajstić information content (AvgIpc) is 3.06. The predicted molar refractivity (Wildman–Crippen MR) is 78.5 cm³/mol. The Balaban J connectivity index is 2.24. The van der Waals surface area contributed by atoms with Gasteiger partial charge in [0.15, 0.2) is 0 Å². The zero-order valence-corrected chi connectivity index (χ0v) is 12.0. The molecule has 18 heavy (non-hydrogen) atoms. The van der Waals surface area contributed by atoms with Crippen LogP contribution in [0.4, 0.5) is 0 Å². The van der Waals surface area contributed by atoms with Crippen LogP contribution in [-0.4, -0.2) is 12.6 Å². The first kappa shape index (κ1) is 13.4. The molecule has 2 rings (SSSR count). The molecule has 0 aromatic heterocycles. The Bertz CT molecular complexity index is 431. The van der Waals surface area contributed by atoms with Gasteiger partial charge < -0.3 is 5.32 Å². The van der Waals surface area contributed by atoms with Crippen molar-refractivity contribution in [2.75, 3.05) is 6.54 Å². The summed E-state index contributed by atoms with van der Waals surface area (Å²) in [7, 11) is 0. The van der Waals surface area contributed by atoms with Crippen LogP contribution in [0.5, 0.6) is 0 Å². The molecule has 0 spiro atoms. The van der Waals surface area contributed by atoms with Gasteiger partial charge in [-0.1, -0.05) is 24.6 Å². The summed E-state index contributed by atoms with van der Waals surface area (Å²) in [5.74, 6) is 0. The minimum atomic E-state index is 0.340. The van der Waals surface area contributed by atoms with E-state index >= 15 is 0 Å². The first-order valence-electron chi connectivity index (χ1n) is 7.03. The first-order valence-corrected chi connectivity index (χ1v) is 7.03. The van der Waals surface area contributed by atoms with E-state index in [9.17, 15) is 0 Å². The topological polar surface area (TPSA) is 21.9 Å². The van der Waals surface area contributed by atoms with Crippen molar-refractivity contribution in [2.45, 2.75) is 52.5 Å². The Kier molecular flexibility index (Phi) is 3.94. The summed E-state index contributed by atoms with van der Waals surface area (Å²) >= 11 is 0. The maximum atomic E-state index is 3.89. The summed E-state index contributed by atoms with van der Waals surface area (Å²) in [5.41, 5.74) is 7.77. The quantitative estimate of drug-likeness (QED) is 0.447. The molecule has 1 saturated heterocycles. The van der Waals surface area contributed by atoms with Crippen molar-refractivity contribution in [2.24, 2.45) is 5.41 Å². The van der Waals surface area contributed by atoms with Crippen molar-refractivity contribution in [1.82, 2.24) is 5.32 Å². The second-order valence-electron chi connectivity index (χ2n) is 6.22. The molecule has 1 N–H and O–H groups in total. The second kappa shape index (κ2) is 5.30. The monoisotopic (exact) mass is 243 g/mol. The maximum Gasteiger partial charge on any atom is 0.0201 e. The van der Waals surface area contributed by atoms with Crippen molar-refractivity contribution < 1.29 is 0 Å². The summed E-state index contributed by atoms with van der Waals surface area (Å²) in [6, 6.07) is 0.745. The summed E-state index contributed by atoms with van der Waals surface area (Å²) in [6.45, 7) is 11.8. The molecule has 0 saturated carbocycles. The Morgan fingerprint density at radius 2 is 2.33 bits per heavy atom. The molecule has 2 aliphatic rings. The van der Waals surface area contributed by atoms with Crippen LogP contribution in [0.2, 0.25) is 0 Å². The third-order valence-corrected chi connectivity index (χ3v) is 4.14. The minimum absolute atomic E-state index is 0.340. The molecule has 0 aromatic carbocycles. The number of nitrogens with one attached hydrogen (secondary N) is 1. The number of hydrogen-bond acceptors (Lipinski definition) is 1. The van der Waals surface area contributed by atoms with Crippen LogP contribution in [0.25, 0.3) is 0 Å². The van der Waals surface area contributed by atoms with Crippen LogP contribution in [0.3, 0.4) is 0 Å². The lowest BCUT2D eigenvalue weighted by molar-refractivity contribution is 0.312. The normalized spacial score (nSPS) is 30.7. The van der Waals surface area contributed by atoms with Crippen LogP contribution in [0.1, 0.15) is 46.5 Å². The summed E-state index contributed by atoms with van der Waals surface area (Å²) in [4.78, 5) is 0. The van der Waals surface area contributed by atoms with Gasteiger partial charge in [-0.3, -0.25) is 0 Å². The Labute approximate surface area is 111 Å². The van der Waals surface area contributed by atoms with E-state index in [1.807, 2.05) is 13.0 Å². The van der Waals surface area contributed by atoms with Crippen LogP contribution >= 0.6 is 0 Å². The van der Waals surface area contributed by atoms with Gasteiger partial charge in [-0.05, 0) is 62.7 Å². The second-order valence-corrected chi connectivity index (χ2v) is 6.22. The van der Waals surface area contributed by atoms with E-state index in [4.69, 9.17) is 0 Å². The first-order chi connectivity index (χ1) is 8.51. The molecule has 1 aliphatic heterocycles. The van der Waals surface area contributed by atoms with Gasteiger partial charge in [-0.25, -0.2) is 0 Å². The van der Waals surface area contributed by atoms with Crippen LogP contribution < -0.4 is 5.32 Å². The molecule has 98 valence electrons. The van der Waals surface area contributed by atoms with Crippen molar-refractivity contribution >= 4 is 0 Å². The zero-order valence-electron chi connectivity index (χ0n) is 12.0. The number of rotatable bonds is 4. The standard InChI is InChI=1S/C17H25N/c1-13(2)7-5-9-16-14(3)8-6-10-17(16,4)11-15-12-18-15/h7,9,15,18H,1,6,8,10-12H2,2-4H3. The maximum absolute atomic E-state index is 3.89. The lowest BCUT2D eigenvalue weighted by Crippen LogP contribution is -2.25. The number of allylic oxidation sites excluding steroid dienone is 4. The van der Waals surface area contributed by atoms with E-state index in [0.717, 1.165) is 11.6 Å². The van der Waals surface area contributed by atoms with Crippen molar-refractivity contribution in [3.05, 3.63) is 41.2 Å². The fourth-order valence-electron chi connectivity index (χ4n) is 3.08. The zero-order chi connectivity index (χ0) is 13.2. The van der Waals surface area contributed by atoms with Gasteiger partial charge in [0.05, 0.1) is 0 Å². The molecular formula is C17H25N. The Hall–Kier alpha value is -1.04. The molecule has 1 fully saturated rings. The highest BCUT2D eigenvalue weighted by molar-refractivity contribution is 5.34. The molecule has 1 heterocycles. The van der Waals surface area contributed by atoms with Gasteiger partial charge in [0.1, 0.15) is 0 Å². The Morgan fingerprint density at radius 3 is 2.94 bits per heavy atom. The smallest absolute Gasteiger partial charge is 0.0201 e. The molecule has 1 aliphatic carbocycles. The average molecular weight is 243 g/mol. The van der Waals surface area contributed by atoms with E-state index in [2.05, 4.69) is 37.6 Å². The van der Waals surface area contributed by atoms with E-state index in [-0.39, 0.29) is 0 Å². The van der Waals surface area contributed by atoms with Gasteiger partial charge in [0, 0.05) is 12.6 Å². The van der Waals surface area contributed by atoms with E-state index in [0.29, 0.717) is 5.41 Å². The number of hydrogen-bond donors (Lipinski definition) is 1. The van der Waals surface area contributed by atoms with Crippen molar-refractivity contribution in [3.63, 3.8) is 0 Å². The SMILES string of the molecule is C=C(C)C=C=CC1=C(C)CCCC1(C)CC1CN1. The Morgan fingerprint density at radius 1 is 1.61 bits per heavy atom. The predicted octanol–water partition coefficient (Wildman–Crippen LogP) is 4.14. The fourth-order valence-corrected chi connectivity index (χ4v) is 3.08. The van der Waals surface area contributed by atoms with E-state index in [1.54, 1.807) is 5.57 Å². The highest BCUT2D eigenvalue weighted by Crippen LogP contribution is 2.45. The molecule has 0 aromatic rings. The molecule has 2 unspecified atom stereocenters. The molecule has 0 bridgehead atoms. The van der Waals surface area contributed by atoms with Crippen molar-refractivity contribution in [3.8, 4) is 0 Å². The van der Waals surface area contributed by atoms with Gasteiger partial charge in [0.2, 0.25) is 0 Å². The van der Waals surface area contributed by atoms with E-state index < -0.39 is 0 Å². The van der Waals surface area contributed by atoms with Gasteiger partial charge >= 0.3 is 0 Å². The summed E-state index contributed by atoms with van der Waals surface area (Å²) < 4.78 is 0. The molecule has 2 atom stereocenters. The fraction of sp³-hybridized carbons (Fsp3) is 0.588. The molecule has 0 amide bonds. The van der Waals surface area contributed by atoms with Gasteiger partial charge in [-0.15, -0.1) is 5.73 Å². The molecule has 1 heteroatoms. The highest BCUT2D eigenvalue weighted by atomic mass is 15.1. The lowest BCUT2D eigenvalue weighted by atomic mass is 9.68. The molecular weight excluding hydrogens is 218 g/mol. The molecule has 1 nitrogen and oxygen atoms in total. The van der Waals surface area contributed by atoms with E-state index in [1.165, 1.54) is 37.8 Å². The third-order valence-electron chi connectivity index (χ3n) is 4.14. The van der Waals surface area contributed by atoms with Crippen LogP contribution in [-0.2, 0) is 0 Å². The van der Waals surface area contributed by atoms with Gasteiger partial charge in [0.25, 0.3) is 0 Å².